The van der Waals surface area contributed by atoms with Crippen LogP contribution in [0.5, 0.6) is 5.75 Å². The van der Waals surface area contributed by atoms with Crippen LogP contribution >= 0.6 is 0 Å². The van der Waals surface area contributed by atoms with Gasteiger partial charge < -0.3 is 9.72 Å². The predicted molar refractivity (Wildman–Crippen MR) is 115 cm³/mol. The molecule has 0 bridgehead atoms. The second-order valence-corrected chi connectivity index (χ2v) is 7.71. The minimum atomic E-state index is 0.182. The largest absolute Gasteiger partial charge is 0.494 e. The topological polar surface area (TPSA) is 46.1 Å². The van der Waals surface area contributed by atoms with Crippen molar-refractivity contribution < 1.29 is 4.74 Å². The molecule has 5 heteroatoms. The van der Waals surface area contributed by atoms with Crippen LogP contribution in [0.25, 0.3) is 10.9 Å². The molecule has 0 radical (unpaired) electrons. The second-order valence-electron chi connectivity index (χ2n) is 7.71. The molecule has 0 spiro atoms. The summed E-state index contributed by atoms with van der Waals surface area (Å²) in [6, 6.07) is 17.4. The Hall–Kier alpha value is -3.05. The molecule has 0 amide bonds. The number of aromatic nitrogens is 3. The van der Waals surface area contributed by atoms with E-state index in [-0.39, 0.29) is 6.04 Å². The van der Waals surface area contributed by atoms with Crippen molar-refractivity contribution in [3.63, 3.8) is 0 Å². The molecule has 5 rings (SSSR count). The highest BCUT2D eigenvalue weighted by Crippen LogP contribution is 2.39. The van der Waals surface area contributed by atoms with Crippen LogP contribution in [0.1, 0.15) is 35.3 Å². The molecule has 4 aromatic rings. The van der Waals surface area contributed by atoms with Gasteiger partial charge in [0.1, 0.15) is 5.75 Å². The zero-order valence-corrected chi connectivity index (χ0v) is 16.9. The highest BCUT2D eigenvalue weighted by atomic mass is 16.5. The van der Waals surface area contributed by atoms with Crippen molar-refractivity contribution in [3.8, 4) is 5.75 Å². The first-order chi connectivity index (χ1) is 14.2. The number of ether oxygens (including phenoxy) is 1. The lowest BCUT2D eigenvalue weighted by atomic mass is 9.92. The fourth-order valence-corrected chi connectivity index (χ4v) is 4.54. The monoisotopic (exact) mass is 386 g/mol. The number of aryl methyl sites for hydroxylation is 1. The van der Waals surface area contributed by atoms with Gasteiger partial charge >= 0.3 is 0 Å². The van der Waals surface area contributed by atoms with E-state index in [0.717, 1.165) is 25.3 Å². The third-order valence-electron chi connectivity index (χ3n) is 5.79. The Kier molecular flexibility index (Phi) is 4.60. The maximum atomic E-state index is 5.66. The van der Waals surface area contributed by atoms with E-state index in [4.69, 9.17) is 4.74 Å². The fraction of sp³-hybridized carbons (Fsp3) is 0.292. The number of hydrogen-bond donors (Lipinski definition) is 1. The Morgan fingerprint density at radius 3 is 2.72 bits per heavy atom. The summed E-state index contributed by atoms with van der Waals surface area (Å²) in [5, 5.41) is 5.70. The van der Waals surface area contributed by atoms with Gasteiger partial charge in [-0.05, 0) is 42.7 Å². The third-order valence-corrected chi connectivity index (χ3v) is 5.79. The molecule has 0 saturated heterocycles. The first kappa shape index (κ1) is 18.0. The summed E-state index contributed by atoms with van der Waals surface area (Å²) < 4.78 is 7.53. The summed E-state index contributed by atoms with van der Waals surface area (Å²) in [7, 11) is 1.97. The lowest BCUT2D eigenvalue weighted by Gasteiger charge is -2.36. The highest BCUT2D eigenvalue weighted by Gasteiger charge is 2.31. The molecule has 1 aliphatic heterocycles. The van der Waals surface area contributed by atoms with Gasteiger partial charge in [0, 0.05) is 48.5 Å². The van der Waals surface area contributed by atoms with Crippen LogP contribution in [0.15, 0.2) is 60.9 Å². The van der Waals surface area contributed by atoms with Gasteiger partial charge in [-0.1, -0.05) is 30.3 Å². The van der Waals surface area contributed by atoms with Crippen LogP contribution in [0.2, 0.25) is 0 Å². The molecule has 3 heterocycles. The first-order valence-electron chi connectivity index (χ1n) is 10.3. The molecular weight excluding hydrogens is 360 g/mol. The maximum Gasteiger partial charge on any atom is 0.119 e. The first-order valence-corrected chi connectivity index (χ1v) is 10.3. The Morgan fingerprint density at radius 1 is 1.14 bits per heavy atom. The van der Waals surface area contributed by atoms with E-state index in [1.54, 1.807) is 0 Å². The van der Waals surface area contributed by atoms with Crippen molar-refractivity contribution in [1.82, 2.24) is 19.7 Å². The number of H-pyrrole nitrogens is 1. The zero-order valence-electron chi connectivity index (χ0n) is 16.9. The zero-order chi connectivity index (χ0) is 19.8. The van der Waals surface area contributed by atoms with Gasteiger partial charge in [-0.3, -0.25) is 9.58 Å². The summed E-state index contributed by atoms with van der Waals surface area (Å²) in [5.41, 5.74) is 6.50. The van der Waals surface area contributed by atoms with Gasteiger partial charge in [0.25, 0.3) is 0 Å². The number of fused-ring (bicyclic) bond motifs is 3. The number of para-hydroxylation sites is 1. The van der Waals surface area contributed by atoms with Gasteiger partial charge in [0.15, 0.2) is 0 Å². The number of nitrogens with zero attached hydrogens (tertiary/aromatic N) is 3. The van der Waals surface area contributed by atoms with Crippen LogP contribution in [-0.2, 0) is 20.0 Å². The molecule has 148 valence electrons. The van der Waals surface area contributed by atoms with Crippen LogP contribution < -0.4 is 4.74 Å². The van der Waals surface area contributed by atoms with Gasteiger partial charge in [0.05, 0.1) is 18.8 Å². The number of rotatable bonds is 5. The van der Waals surface area contributed by atoms with Crippen molar-refractivity contribution in [2.75, 3.05) is 13.2 Å². The van der Waals surface area contributed by atoms with Crippen molar-refractivity contribution >= 4 is 10.9 Å². The molecule has 1 aliphatic rings. The molecule has 5 nitrogen and oxygen atoms in total. The van der Waals surface area contributed by atoms with Gasteiger partial charge in [-0.2, -0.15) is 5.10 Å². The SMILES string of the molecule is CCOc1ccc([C@@H]2c3[nH]c4ccccc4c3CCN2Cc2cnn(C)c2)cc1. The molecule has 29 heavy (non-hydrogen) atoms. The average molecular weight is 386 g/mol. The summed E-state index contributed by atoms with van der Waals surface area (Å²) in [4.78, 5) is 6.28. The Labute approximate surface area is 170 Å². The lowest BCUT2D eigenvalue weighted by Crippen LogP contribution is -2.35. The number of hydrogen-bond acceptors (Lipinski definition) is 3. The fourth-order valence-electron chi connectivity index (χ4n) is 4.54. The minimum Gasteiger partial charge on any atom is -0.494 e. The van der Waals surface area contributed by atoms with E-state index >= 15 is 0 Å². The van der Waals surface area contributed by atoms with E-state index in [1.807, 2.05) is 24.9 Å². The molecule has 0 saturated carbocycles. The van der Waals surface area contributed by atoms with Crippen molar-refractivity contribution in [3.05, 3.63) is 83.3 Å². The summed E-state index contributed by atoms with van der Waals surface area (Å²) in [6.07, 6.45) is 5.12. The van der Waals surface area contributed by atoms with E-state index in [2.05, 4.69) is 69.7 Å². The van der Waals surface area contributed by atoms with Crippen molar-refractivity contribution in [2.45, 2.75) is 25.9 Å². The van der Waals surface area contributed by atoms with E-state index in [0.29, 0.717) is 6.61 Å². The molecular formula is C24H26N4O. The normalized spacial score (nSPS) is 16.8. The molecule has 2 aromatic carbocycles. The van der Waals surface area contributed by atoms with Crippen LogP contribution in [0.3, 0.4) is 0 Å². The Balaban J connectivity index is 1.58. The smallest absolute Gasteiger partial charge is 0.119 e. The number of benzene rings is 2. The van der Waals surface area contributed by atoms with E-state index in [9.17, 15) is 0 Å². The molecule has 2 aromatic heterocycles. The van der Waals surface area contributed by atoms with Crippen LogP contribution in [0, 0.1) is 0 Å². The molecule has 1 N–H and O–H groups in total. The maximum absolute atomic E-state index is 5.66. The highest BCUT2D eigenvalue weighted by molar-refractivity contribution is 5.85. The third kappa shape index (κ3) is 3.32. The second kappa shape index (κ2) is 7.41. The van der Waals surface area contributed by atoms with E-state index in [1.165, 1.54) is 33.3 Å². The quantitative estimate of drug-likeness (QED) is 0.551. The van der Waals surface area contributed by atoms with Crippen LogP contribution in [0.4, 0.5) is 0 Å². The van der Waals surface area contributed by atoms with Gasteiger partial charge in [-0.15, -0.1) is 0 Å². The Bertz CT molecular complexity index is 1130. The number of aromatic amines is 1. The summed E-state index contributed by atoms with van der Waals surface area (Å²) in [6.45, 7) is 4.59. The molecule has 0 unspecified atom stereocenters. The summed E-state index contributed by atoms with van der Waals surface area (Å²) >= 11 is 0. The summed E-state index contributed by atoms with van der Waals surface area (Å²) in [5.74, 6) is 0.919. The number of nitrogens with one attached hydrogen (secondary N) is 1. The minimum absolute atomic E-state index is 0.182. The molecule has 1 atom stereocenters. The lowest BCUT2D eigenvalue weighted by molar-refractivity contribution is 0.202. The van der Waals surface area contributed by atoms with Crippen LogP contribution in [-0.4, -0.2) is 32.8 Å². The van der Waals surface area contributed by atoms with Gasteiger partial charge in [0.2, 0.25) is 0 Å². The standard InChI is InChI=1S/C24H26N4O/c1-3-29-19-10-8-18(9-11-19)24-23-21(20-6-4-5-7-22(20)26-23)12-13-28(24)16-17-14-25-27(2)15-17/h4-11,14-15,24,26H,3,12-13,16H2,1-2H3/t24-/m1/s1. The molecule has 0 aliphatic carbocycles. The molecule has 0 fully saturated rings. The van der Waals surface area contributed by atoms with Crippen molar-refractivity contribution in [1.29, 1.82) is 0 Å². The van der Waals surface area contributed by atoms with Gasteiger partial charge in [-0.25, -0.2) is 0 Å². The predicted octanol–water partition coefficient (Wildman–Crippen LogP) is 4.45. The van der Waals surface area contributed by atoms with E-state index < -0.39 is 0 Å². The van der Waals surface area contributed by atoms with Crippen molar-refractivity contribution in [2.24, 2.45) is 7.05 Å². The average Bonchev–Trinajstić information content (AvgIpc) is 3.32. The Morgan fingerprint density at radius 2 is 1.97 bits per heavy atom.